The highest BCUT2D eigenvalue weighted by atomic mass is 16.5. The average molecular weight is 477 g/mol. The van der Waals surface area contributed by atoms with E-state index >= 15 is 0 Å². The molecule has 182 valence electrons. The van der Waals surface area contributed by atoms with Gasteiger partial charge in [-0.2, -0.15) is 0 Å². The van der Waals surface area contributed by atoms with Gasteiger partial charge in [0.2, 0.25) is 5.91 Å². The maximum absolute atomic E-state index is 12.9. The molecule has 1 aliphatic rings. The lowest BCUT2D eigenvalue weighted by Crippen LogP contribution is -2.51. The first-order chi connectivity index (χ1) is 17.0. The SMILES string of the molecule is CCC(CC(=O)O)NC(=O)C(Cc1cnc[nH]1)NC(=O)OCC1c2ccccc2-c2ccccc21. The van der Waals surface area contributed by atoms with E-state index < -0.39 is 30.1 Å². The van der Waals surface area contributed by atoms with E-state index in [2.05, 4.69) is 32.7 Å². The third-order valence-corrected chi connectivity index (χ3v) is 6.19. The monoisotopic (exact) mass is 476 g/mol. The predicted octanol–water partition coefficient (Wildman–Crippen LogP) is 3.23. The first-order valence-electron chi connectivity index (χ1n) is 11.6. The zero-order valence-corrected chi connectivity index (χ0v) is 19.4. The maximum atomic E-state index is 12.9. The van der Waals surface area contributed by atoms with Crippen molar-refractivity contribution in [2.45, 2.75) is 44.2 Å². The van der Waals surface area contributed by atoms with Crippen molar-refractivity contribution < 1.29 is 24.2 Å². The number of H-pyrrole nitrogens is 1. The van der Waals surface area contributed by atoms with Gasteiger partial charge in [0.05, 0.1) is 12.7 Å². The van der Waals surface area contributed by atoms with Crippen LogP contribution < -0.4 is 10.6 Å². The van der Waals surface area contributed by atoms with Gasteiger partial charge in [0.25, 0.3) is 0 Å². The molecule has 9 heteroatoms. The molecule has 0 radical (unpaired) electrons. The van der Waals surface area contributed by atoms with Crippen LogP contribution in [-0.4, -0.2) is 51.7 Å². The third-order valence-electron chi connectivity index (χ3n) is 6.19. The number of rotatable bonds is 10. The van der Waals surface area contributed by atoms with Gasteiger partial charge in [0.1, 0.15) is 12.6 Å². The molecule has 35 heavy (non-hydrogen) atoms. The molecular weight excluding hydrogens is 448 g/mol. The number of carboxylic acid groups (broad SMARTS) is 1. The number of nitrogens with zero attached hydrogens (tertiary/aromatic N) is 1. The molecule has 0 fully saturated rings. The molecule has 0 bridgehead atoms. The number of hydrogen-bond acceptors (Lipinski definition) is 5. The summed E-state index contributed by atoms with van der Waals surface area (Å²) in [5.41, 5.74) is 5.08. The molecule has 2 aromatic carbocycles. The van der Waals surface area contributed by atoms with Crippen LogP contribution >= 0.6 is 0 Å². The molecule has 4 rings (SSSR count). The summed E-state index contributed by atoms with van der Waals surface area (Å²) in [6.07, 6.45) is 2.71. The molecule has 4 N–H and O–H groups in total. The number of nitrogens with one attached hydrogen (secondary N) is 3. The molecule has 2 amide bonds. The average Bonchev–Trinajstić information content (AvgIpc) is 3.47. The smallest absolute Gasteiger partial charge is 0.407 e. The van der Waals surface area contributed by atoms with E-state index in [0.29, 0.717) is 12.1 Å². The first kappa shape index (κ1) is 24.0. The number of imidazole rings is 1. The largest absolute Gasteiger partial charge is 0.481 e. The van der Waals surface area contributed by atoms with Crippen molar-refractivity contribution in [2.75, 3.05) is 6.61 Å². The number of alkyl carbamates (subject to hydrolysis) is 1. The molecule has 1 aromatic heterocycles. The molecule has 0 spiro atoms. The minimum atomic E-state index is -1.01. The van der Waals surface area contributed by atoms with Crippen molar-refractivity contribution in [1.82, 2.24) is 20.6 Å². The Balaban J connectivity index is 1.43. The summed E-state index contributed by atoms with van der Waals surface area (Å²) in [6.45, 7) is 1.91. The van der Waals surface area contributed by atoms with Gasteiger partial charge in [-0.15, -0.1) is 0 Å². The maximum Gasteiger partial charge on any atom is 0.407 e. The Morgan fingerprint density at radius 1 is 1.06 bits per heavy atom. The number of aliphatic carboxylic acids is 1. The van der Waals surface area contributed by atoms with Gasteiger partial charge >= 0.3 is 12.1 Å². The Morgan fingerprint density at radius 2 is 1.71 bits per heavy atom. The fraction of sp³-hybridized carbons (Fsp3) is 0.308. The van der Waals surface area contributed by atoms with Crippen molar-refractivity contribution >= 4 is 18.0 Å². The fourth-order valence-electron chi connectivity index (χ4n) is 4.42. The molecule has 1 heterocycles. The van der Waals surface area contributed by atoms with E-state index in [1.165, 1.54) is 6.33 Å². The summed E-state index contributed by atoms with van der Waals surface area (Å²) in [5.74, 6) is -1.60. The molecular formula is C26H28N4O5. The van der Waals surface area contributed by atoms with Crippen LogP contribution in [0.2, 0.25) is 0 Å². The summed E-state index contributed by atoms with van der Waals surface area (Å²) in [5, 5.41) is 14.4. The number of carbonyl (C=O) groups is 3. The van der Waals surface area contributed by atoms with Crippen LogP contribution in [0.3, 0.4) is 0 Å². The van der Waals surface area contributed by atoms with Gasteiger partial charge in [-0.05, 0) is 28.7 Å². The van der Waals surface area contributed by atoms with Crippen LogP contribution in [-0.2, 0) is 20.7 Å². The summed E-state index contributed by atoms with van der Waals surface area (Å²) in [4.78, 5) is 43.7. The topological polar surface area (TPSA) is 133 Å². The summed E-state index contributed by atoms with van der Waals surface area (Å²) >= 11 is 0. The highest BCUT2D eigenvalue weighted by Gasteiger charge is 2.30. The Labute approximate surface area is 202 Å². The van der Waals surface area contributed by atoms with E-state index in [1.807, 2.05) is 36.4 Å². The zero-order valence-electron chi connectivity index (χ0n) is 19.4. The number of hydrogen-bond donors (Lipinski definition) is 4. The molecule has 0 saturated heterocycles. The van der Waals surface area contributed by atoms with Gasteiger partial charge < -0.3 is 25.5 Å². The normalized spacial score (nSPS) is 13.9. The van der Waals surface area contributed by atoms with E-state index in [9.17, 15) is 14.4 Å². The lowest BCUT2D eigenvalue weighted by molar-refractivity contribution is -0.137. The Hall–Kier alpha value is -4.14. The number of carboxylic acids is 1. The van der Waals surface area contributed by atoms with Crippen LogP contribution in [0.5, 0.6) is 0 Å². The van der Waals surface area contributed by atoms with Gasteiger partial charge in [-0.1, -0.05) is 55.5 Å². The summed E-state index contributed by atoms with van der Waals surface area (Å²) in [7, 11) is 0. The number of aromatic nitrogens is 2. The highest BCUT2D eigenvalue weighted by molar-refractivity contribution is 5.86. The van der Waals surface area contributed by atoms with Crippen molar-refractivity contribution in [3.8, 4) is 11.1 Å². The second kappa shape index (κ2) is 10.9. The molecule has 3 aromatic rings. The van der Waals surface area contributed by atoms with E-state index in [4.69, 9.17) is 9.84 Å². The van der Waals surface area contributed by atoms with Gasteiger partial charge in [0.15, 0.2) is 0 Å². The Bertz CT molecular complexity index is 1150. The molecule has 0 saturated carbocycles. The molecule has 1 aliphatic carbocycles. The quantitative estimate of drug-likeness (QED) is 0.355. The minimum absolute atomic E-state index is 0.104. The van der Waals surface area contributed by atoms with Crippen molar-refractivity contribution in [1.29, 1.82) is 0 Å². The Kier molecular flexibility index (Phi) is 7.45. The van der Waals surface area contributed by atoms with Gasteiger partial charge in [-0.25, -0.2) is 9.78 Å². The van der Waals surface area contributed by atoms with Crippen molar-refractivity contribution in [2.24, 2.45) is 0 Å². The lowest BCUT2D eigenvalue weighted by Gasteiger charge is -2.22. The summed E-state index contributed by atoms with van der Waals surface area (Å²) in [6, 6.07) is 14.6. The van der Waals surface area contributed by atoms with Crippen LogP contribution in [0.25, 0.3) is 11.1 Å². The van der Waals surface area contributed by atoms with Crippen molar-refractivity contribution in [3.05, 3.63) is 77.9 Å². The zero-order chi connectivity index (χ0) is 24.8. The van der Waals surface area contributed by atoms with E-state index in [1.54, 1.807) is 13.1 Å². The van der Waals surface area contributed by atoms with E-state index in [-0.39, 0.29) is 25.4 Å². The second-order valence-electron chi connectivity index (χ2n) is 8.52. The van der Waals surface area contributed by atoms with Gasteiger partial charge in [-0.3, -0.25) is 9.59 Å². The van der Waals surface area contributed by atoms with Crippen LogP contribution in [0, 0.1) is 0 Å². The van der Waals surface area contributed by atoms with Crippen LogP contribution in [0.15, 0.2) is 61.1 Å². The number of carbonyl (C=O) groups excluding carboxylic acids is 2. The second-order valence-corrected chi connectivity index (χ2v) is 8.52. The number of amides is 2. The van der Waals surface area contributed by atoms with E-state index in [0.717, 1.165) is 22.3 Å². The Morgan fingerprint density at radius 3 is 2.29 bits per heavy atom. The molecule has 2 atom stereocenters. The number of ether oxygens (including phenoxy) is 1. The van der Waals surface area contributed by atoms with Crippen molar-refractivity contribution in [3.63, 3.8) is 0 Å². The number of aromatic amines is 1. The molecule has 9 nitrogen and oxygen atoms in total. The fourth-order valence-corrected chi connectivity index (χ4v) is 4.42. The first-order valence-corrected chi connectivity index (χ1v) is 11.6. The molecule has 2 unspecified atom stereocenters. The molecule has 0 aliphatic heterocycles. The highest BCUT2D eigenvalue weighted by Crippen LogP contribution is 2.44. The van der Waals surface area contributed by atoms with Gasteiger partial charge in [0, 0.05) is 30.3 Å². The van der Waals surface area contributed by atoms with Crippen LogP contribution in [0.1, 0.15) is 42.5 Å². The number of fused-ring (bicyclic) bond motifs is 3. The summed E-state index contributed by atoms with van der Waals surface area (Å²) < 4.78 is 5.59. The lowest BCUT2D eigenvalue weighted by atomic mass is 9.98. The standard InChI is InChI=1S/C26H28N4O5/c1-2-16(12-24(31)32)29-25(33)23(11-17-13-27-15-28-17)30-26(34)35-14-22-20-9-5-3-7-18(20)19-8-4-6-10-21(19)22/h3-10,13,15-16,22-23H,2,11-12,14H2,1H3,(H,27,28)(H,29,33)(H,30,34)(H,31,32). The third kappa shape index (κ3) is 5.68. The number of benzene rings is 2. The minimum Gasteiger partial charge on any atom is -0.481 e. The van der Waals surface area contributed by atoms with Crippen LogP contribution in [0.4, 0.5) is 4.79 Å². The predicted molar refractivity (Wildman–Crippen MR) is 129 cm³/mol.